The molecule has 7 heteroatoms. The molecule has 1 amide bonds. The molecule has 0 radical (unpaired) electrons. The molecule has 1 N–H and O–H groups in total. The van der Waals surface area contributed by atoms with Crippen LogP contribution in [0.25, 0.3) is 0 Å². The second-order valence-corrected chi connectivity index (χ2v) is 8.65. The summed E-state index contributed by atoms with van der Waals surface area (Å²) in [5.41, 5.74) is 0. The van der Waals surface area contributed by atoms with Crippen LogP contribution in [0.5, 0.6) is 0 Å². The molecular weight excluding hydrogens is 364 g/mol. The van der Waals surface area contributed by atoms with Crippen molar-refractivity contribution in [2.24, 2.45) is 10.9 Å². The Bertz CT molecular complexity index is 580. The Morgan fingerprint density at radius 1 is 1.35 bits per heavy atom. The number of likely N-dealkylation sites (tertiary alicyclic amines) is 1. The normalized spacial score (nSPS) is 17.4. The number of carbonyl (C=O) groups excluding carboxylic acids is 1. The molecule has 0 aromatic heterocycles. The van der Waals surface area contributed by atoms with E-state index in [9.17, 15) is 4.79 Å². The van der Waals surface area contributed by atoms with Gasteiger partial charge in [-0.25, -0.2) is 4.99 Å². The fourth-order valence-corrected chi connectivity index (χ4v) is 4.06. The Morgan fingerprint density at radius 3 is 2.81 bits per heavy atom. The van der Waals surface area contributed by atoms with E-state index in [1.807, 2.05) is 23.5 Å². The first-order chi connectivity index (χ1) is 12.6. The lowest BCUT2D eigenvalue weighted by Crippen LogP contribution is -2.42. The van der Waals surface area contributed by atoms with Crippen LogP contribution >= 0.6 is 23.5 Å². The number of rotatable bonds is 8. The lowest BCUT2D eigenvalue weighted by molar-refractivity contribution is -0.127. The van der Waals surface area contributed by atoms with Gasteiger partial charge in [-0.15, -0.1) is 11.8 Å². The van der Waals surface area contributed by atoms with E-state index in [-0.39, 0.29) is 12.5 Å². The average Bonchev–Trinajstić information content (AvgIpc) is 3.12. The van der Waals surface area contributed by atoms with Gasteiger partial charge < -0.3 is 15.1 Å². The van der Waals surface area contributed by atoms with E-state index in [2.05, 4.69) is 51.8 Å². The van der Waals surface area contributed by atoms with Gasteiger partial charge in [0.05, 0.1) is 0 Å². The van der Waals surface area contributed by atoms with Gasteiger partial charge in [0.15, 0.2) is 5.96 Å². The van der Waals surface area contributed by atoms with Crippen LogP contribution in [-0.2, 0) is 4.79 Å². The minimum atomic E-state index is 0.0320. The van der Waals surface area contributed by atoms with E-state index in [0.29, 0.717) is 5.92 Å². The predicted molar refractivity (Wildman–Crippen MR) is 114 cm³/mol. The highest BCUT2D eigenvalue weighted by molar-refractivity contribution is 7.99. The van der Waals surface area contributed by atoms with Crippen LogP contribution in [0.15, 0.2) is 40.2 Å². The average molecular weight is 395 g/mol. The Kier molecular flexibility index (Phi) is 9.18. The van der Waals surface area contributed by atoms with Gasteiger partial charge in [-0.05, 0) is 30.7 Å². The molecule has 1 aromatic rings. The second-order valence-electron chi connectivity index (χ2n) is 6.57. The first-order valence-corrected chi connectivity index (χ1v) is 11.4. The SMILES string of the molecule is CSCCNC(=NCC(=O)N(C)C)N1CCC(CSc2ccccc2)C1. The molecule has 1 atom stereocenters. The van der Waals surface area contributed by atoms with Crippen LogP contribution in [0.4, 0.5) is 0 Å². The van der Waals surface area contributed by atoms with E-state index in [0.717, 1.165) is 37.1 Å². The highest BCUT2D eigenvalue weighted by Crippen LogP contribution is 2.25. The van der Waals surface area contributed by atoms with Crippen molar-refractivity contribution in [2.45, 2.75) is 11.3 Å². The molecular formula is C19H30N4OS2. The molecule has 1 aromatic carbocycles. The molecule has 144 valence electrons. The zero-order valence-corrected chi connectivity index (χ0v) is 17.6. The number of nitrogens with one attached hydrogen (secondary N) is 1. The van der Waals surface area contributed by atoms with Crippen molar-refractivity contribution in [3.63, 3.8) is 0 Å². The molecule has 1 heterocycles. The highest BCUT2D eigenvalue weighted by Gasteiger charge is 2.25. The monoisotopic (exact) mass is 394 g/mol. The van der Waals surface area contributed by atoms with Crippen LogP contribution in [0.3, 0.4) is 0 Å². The van der Waals surface area contributed by atoms with Gasteiger partial charge in [0.1, 0.15) is 6.54 Å². The molecule has 2 rings (SSSR count). The van der Waals surface area contributed by atoms with Gasteiger partial charge in [0.25, 0.3) is 0 Å². The van der Waals surface area contributed by atoms with Crippen molar-refractivity contribution in [3.05, 3.63) is 30.3 Å². The Hall–Kier alpha value is -1.34. The number of amides is 1. The molecule has 5 nitrogen and oxygen atoms in total. The van der Waals surface area contributed by atoms with Crippen LogP contribution in [-0.4, -0.2) is 79.7 Å². The maximum atomic E-state index is 11.9. The molecule has 1 saturated heterocycles. The number of likely N-dealkylation sites (N-methyl/N-ethyl adjacent to an activating group) is 1. The molecule has 1 aliphatic rings. The van der Waals surface area contributed by atoms with E-state index >= 15 is 0 Å². The largest absolute Gasteiger partial charge is 0.355 e. The third-order valence-electron chi connectivity index (χ3n) is 4.27. The van der Waals surface area contributed by atoms with Crippen molar-refractivity contribution in [2.75, 3.05) is 58.0 Å². The molecule has 1 unspecified atom stereocenters. The Morgan fingerprint density at radius 2 is 2.12 bits per heavy atom. The maximum absolute atomic E-state index is 11.9. The lowest BCUT2D eigenvalue weighted by Gasteiger charge is -2.22. The molecule has 1 fully saturated rings. The summed E-state index contributed by atoms with van der Waals surface area (Å²) in [5, 5.41) is 3.43. The number of hydrogen-bond acceptors (Lipinski definition) is 4. The summed E-state index contributed by atoms with van der Waals surface area (Å²) >= 11 is 3.73. The predicted octanol–water partition coefficient (Wildman–Crippen LogP) is 2.50. The molecule has 26 heavy (non-hydrogen) atoms. The first-order valence-electron chi connectivity index (χ1n) is 9.00. The van der Waals surface area contributed by atoms with Crippen molar-refractivity contribution in [1.82, 2.24) is 15.1 Å². The van der Waals surface area contributed by atoms with Gasteiger partial charge in [-0.3, -0.25) is 4.79 Å². The quantitative estimate of drug-likeness (QED) is 0.318. The van der Waals surface area contributed by atoms with Crippen LogP contribution in [0.1, 0.15) is 6.42 Å². The van der Waals surface area contributed by atoms with E-state index < -0.39 is 0 Å². The van der Waals surface area contributed by atoms with Crippen molar-refractivity contribution in [1.29, 1.82) is 0 Å². The summed E-state index contributed by atoms with van der Waals surface area (Å²) < 4.78 is 0. The molecule has 1 aliphatic heterocycles. The number of hydrogen-bond donors (Lipinski definition) is 1. The zero-order valence-electron chi connectivity index (χ0n) is 16.0. The smallest absolute Gasteiger partial charge is 0.243 e. The topological polar surface area (TPSA) is 47.9 Å². The summed E-state index contributed by atoms with van der Waals surface area (Å²) in [5.74, 6) is 3.71. The van der Waals surface area contributed by atoms with Crippen LogP contribution < -0.4 is 5.32 Å². The number of carbonyl (C=O) groups is 1. The van der Waals surface area contributed by atoms with Crippen LogP contribution in [0, 0.1) is 5.92 Å². The molecule has 0 spiro atoms. The third kappa shape index (κ3) is 7.11. The van der Waals surface area contributed by atoms with Gasteiger partial charge in [0.2, 0.25) is 5.91 Å². The van der Waals surface area contributed by atoms with Gasteiger partial charge in [0, 0.05) is 50.1 Å². The number of benzene rings is 1. The fourth-order valence-electron chi connectivity index (χ4n) is 2.71. The number of thioether (sulfide) groups is 2. The lowest BCUT2D eigenvalue weighted by atomic mass is 10.2. The number of nitrogens with zero attached hydrogens (tertiary/aromatic N) is 3. The van der Waals surface area contributed by atoms with Crippen molar-refractivity contribution >= 4 is 35.4 Å². The Balaban J connectivity index is 1.88. The van der Waals surface area contributed by atoms with Crippen LogP contribution in [0.2, 0.25) is 0 Å². The maximum Gasteiger partial charge on any atom is 0.243 e. The third-order valence-corrected chi connectivity index (χ3v) is 6.12. The summed E-state index contributed by atoms with van der Waals surface area (Å²) in [6, 6.07) is 10.6. The molecule has 0 aliphatic carbocycles. The number of guanidine groups is 1. The number of aliphatic imine (C=N–C) groups is 1. The highest BCUT2D eigenvalue weighted by atomic mass is 32.2. The standard InChI is InChI=1S/C19H30N4OS2/c1-22(2)18(24)13-21-19(20-10-12-25-3)23-11-9-16(14-23)15-26-17-7-5-4-6-8-17/h4-8,16H,9-15H2,1-3H3,(H,20,21). The summed E-state index contributed by atoms with van der Waals surface area (Å²) in [6.07, 6.45) is 3.27. The van der Waals surface area contributed by atoms with E-state index in [4.69, 9.17) is 0 Å². The summed E-state index contributed by atoms with van der Waals surface area (Å²) in [6.45, 7) is 3.08. The zero-order chi connectivity index (χ0) is 18.8. The second kappa shape index (κ2) is 11.4. The van der Waals surface area contributed by atoms with Gasteiger partial charge >= 0.3 is 0 Å². The molecule has 0 bridgehead atoms. The fraction of sp³-hybridized carbons (Fsp3) is 0.579. The minimum Gasteiger partial charge on any atom is -0.355 e. The Labute approximate surface area is 166 Å². The molecule has 0 saturated carbocycles. The van der Waals surface area contributed by atoms with Crippen molar-refractivity contribution < 1.29 is 4.79 Å². The van der Waals surface area contributed by atoms with Gasteiger partial charge in [-0.2, -0.15) is 11.8 Å². The van der Waals surface area contributed by atoms with E-state index in [1.165, 1.54) is 11.3 Å². The van der Waals surface area contributed by atoms with E-state index in [1.54, 1.807) is 19.0 Å². The minimum absolute atomic E-state index is 0.0320. The summed E-state index contributed by atoms with van der Waals surface area (Å²) in [7, 11) is 3.54. The first kappa shape index (κ1) is 21.0. The van der Waals surface area contributed by atoms with Gasteiger partial charge in [-0.1, -0.05) is 18.2 Å². The van der Waals surface area contributed by atoms with Crippen molar-refractivity contribution in [3.8, 4) is 0 Å². The summed E-state index contributed by atoms with van der Waals surface area (Å²) in [4.78, 5) is 21.7.